The molecular formula is C11H22N2O2. The number of hydrogen-bond donors (Lipinski definition) is 1. The summed E-state index contributed by atoms with van der Waals surface area (Å²) in [6.45, 7) is 3.83. The molecule has 1 fully saturated rings. The Hall–Kier alpha value is -0.610. The summed E-state index contributed by atoms with van der Waals surface area (Å²) in [5.74, 6) is 0.684. The van der Waals surface area contributed by atoms with Crippen molar-refractivity contribution in [2.45, 2.75) is 25.7 Å². The Morgan fingerprint density at radius 2 is 2.13 bits per heavy atom. The Morgan fingerprint density at radius 1 is 1.47 bits per heavy atom. The lowest BCUT2D eigenvalue weighted by Gasteiger charge is -2.31. The number of ether oxygens (including phenoxy) is 1. The lowest BCUT2D eigenvalue weighted by Crippen LogP contribution is -2.35. The van der Waals surface area contributed by atoms with Crippen molar-refractivity contribution >= 4 is 5.97 Å². The number of carbonyl (C=O) groups excluding carboxylic acids is 1. The van der Waals surface area contributed by atoms with Crippen LogP contribution in [0, 0.1) is 5.92 Å². The molecule has 2 N–H and O–H groups in total. The van der Waals surface area contributed by atoms with E-state index in [0.717, 1.165) is 38.5 Å². The van der Waals surface area contributed by atoms with Crippen molar-refractivity contribution in [2.24, 2.45) is 11.7 Å². The molecule has 1 heterocycles. The number of carbonyl (C=O) groups is 1. The molecule has 4 nitrogen and oxygen atoms in total. The van der Waals surface area contributed by atoms with Crippen LogP contribution in [0.3, 0.4) is 0 Å². The third-order valence-corrected chi connectivity index (χ3v) is 3.14. The lowest BCUT2D eigenvalue weighted by atomic mass is 9.93. The summed E-state index contributed by atoms with van der Waals surface area (Å²) in [5.41, 5.74) is 5.54. The number of methoxy groups -OCH3 is 1. The van der Waals surface area contributed by atoms with Gasteiger partial charge >= 0.3 is 5.97 Å². The van der Waals surface area contributed by atoms with Gasteiger partial charge in [-0.2, -0.15) is 0 Å². The molecule has 0 atom stereocenters. The van der Waals surface area contributed by atoms with Gasteiger partial charge in [0.05, 0.1) is 13.5 Å². The van der Waals surface area contributed by atoms with Crippen LogP contribution in [0.15, 0.2) is 0 Å². The van der Waals surface area contributed by atoms with Crippen LogP contribution in [0.1, 0.15) is 25.7 Å². The first-order chi connectivity index (χ1) is 7.26. The van der Waals surface area contributed by atoms with Crippen LogP contribution >= 0.6 is 0 Å². The fourth-order valence-corrected chi connectivity index (χ4v) is 2.09. The van der Waals surface area contributed by atoms with Crippen molar-refractivity contribution < 1.29 is 9.53 Å². The zero-order valence-corrected chi connectivity index (χ0v) is 9.58. The Balaban J connectivity index is 2.12. The predicted molar refractivity (Wildman–Crippen MR) is 59.5 cm³/mol. The van der Waals surface area contributed by atoms with Gasteiger partial charge in [-0.3, -0.25) is 4.79 Å². The van der Waals surface area contributed by atoms with Gasteiger partial charge in [0.2, 0.25) is 0 Å². The molecule has 4 heteroatoms. The highest BCUT2D eigenvalue weighted by Crippen LogP contribution is 2.19. The van der Waals surface area contributed by atoms with Crippen LogP contribution in [-0.4, -0.2) is 44.2 Å². The van der Waals surface area contributed by atoms with E-state index in [-0.39, 0.29) is 5.97 Å². The molecule has 0 radical (unpaired) electrons. The Labute approximate surface area is 91.8 Å². The number of nitrogens with zero attached hydrogens (tertiary/aromatic N) is 1. The molecule has 0 aromatic rings. The average molecular weight is 214 g/mol. The van der Waals surface area contributed by atoms with Crippen LogP contribution < -0.4 is 5.73 Å². The second kappa shape index (κ2) is 6.80. The first kappa shape index (κ1) is 12.5. The normalized spacial score (nSPS) is 19.1. The smallest absolute Gasteiger partial charge is 0.306 e. The van der Waals surface area contributed by atoms with Crippen molar-refractivity contribution in [3.05, 3.63) is 0 Å². The van der Waals surface area contributed by atoms with E-state index in [2.05, 4.69) is 9.64 Å². The number of rotatable bonds is 5. The van der Waals surface area contributed by atoms with Gasteiger partial charge in [-0.15, -0.1) is 0 Å². The van der Waals surface area contributed by atoms with Gasteiger partial charge in [0.1, 0.15) is 0 Å². The standard InChI is InChI=1S/C11H22N2O2/c1-15-11(14)5-9-13-7-3-10(2-6-12)4-8-13/h10H,2-9,12H2,1H3. The van der Waals surface area contributed by atoms with Gasteiger partial charge in [0.15, 0.2) is 0 Å². The maximum Gasteiger partial charge on any atom is 0.306 e. The summed E-state index contributed by atoms with van der Waals surface area (Å²) in [6.07, 6.45) is 4.10. The third-order valence-electron chi connectivity index (χ3n) is 3.14. The van der Waals surface area contributed by atoms with Crippen LogP contribution in [0.5, 0.6) is 0 Å². The Morgan fingerprint density at radius 3 is 2.67 bits per heavy atom. The minimum atomic E-state index is -0.112. The second-order valence-corrected chi connectivity index (χ2v) is 4.19. The fraction of sp³-hybridized carbons (Fsp3) is 0.909. The number of likely N-dealkylation sites (tertiary alicyclic amines) is 1. The quantitative estimate of drug-likeness (QED) is 0.681. The summed E-state index contributed by atoms with van der Waals surface area (Å²) in [4.78, 5) is 13.3. The second-order valence-electron chi connectivity index (χ2n) is 4.19. The Kier molecular flexibility index (Phi) is 5.65. The molecule has 0 amide bonds. The molecule has 0 unspecified atom stereocenters. The minimum Gasteiger partial charge on any atom is -0.469 e. The number of hydrogen-bond acceptors (Lipinski definition) is 4. The molecule has 0 aromatic heterocycles. The molecule has 1 rings (SSSR count). The molecule has 1 saturated heterocycles. The number of piperidine rings is 1. The number of nitrogens with two attached hydrogens (primary N) is 1. The van der Waals surface area contributed by atoms with E-state index in [1.807, 2.05) is 0 Å². The summed E-state index contributed by atoms with van der Waals surface area (Å²) in [5, 5.41) is 0. The van der Waals surface area contributed by atoms with E-state index in [0.29, 0.717) is 6.42 Å². The average Bonchev–Trinajstić information content (AvgIpc) is 2.28. The third kappa shape index (κ3) is 4.62. The topological polar surface area (TPSA) is 55.6 Å². The zero-order chi connectivity index (χ0) is 11.1. The van der Waals surface area contributed by atoms with Crippen LogP contribution in [0.4, 0.5) is 0 Å². The van der Waals surface area contributed by atoms with E-state index < -0.39 is 0 Å². The van der Waals surface area contributed by atoms with Gasteiger partial charge in [0.25, 0.3) is 0 Å². The van der Waals surface area contributed by atoms with Gasteiger partial charge in [-0.25, -0.2) is 0 Å². The molecule has 1 aliphatic rings. The van der Waals surface area contributed by atoms with Crippen LogP contribution in [0.2, 0.25) is 0 Å². The van der Waals surface area contributed by atoms with Gasteiger partial charge in [-0.1, -0.05) is 0 Å². The molecule has 15 heavy (non-hydrogen) atoms. The van der Waals surface area contributed by atoms with Crippen molar-refractivity contribution in [3.8, 4) is 0 Å². The van der Waals surface area contributed by atoms with Gasteiger partial charge in [0, 0.05) is 6.54 Å². The summed E-state index contributed by atoms with van der Waals surface area (Å²) in [6, 6.07) is 0. The van der Waals surface area contributed by atoms with E-state index in [4.69, 9.17) is 5.73 Å². The Bertz CT molecular complexity index is 189. The highest BCUT2D eigenvalue weighted by Gasteiger charge is 2.18. The minimum absolute atomic E-state index is 0.112. The SMILES string of the molecule is COC(=O)CCN1CCC(CCN)CC1. The maximum atomic E-state index is 11.0. The first-order valence-electron chi connectivity index (χ1n) is 5.75. The van der Waals surface area contributed by atoms with Gasteiger partial charge < -0.3 is 15.4 Å². The van der Waals surface area contributed by atoms with Crippen molar-refractivity contribution in [1.82, 2.24) is 4.90 Å². The summed E-state index contributed by atoms with van der Waals surface area (Å²) in [7, 11) is 1.44. The lowest BCUT2D eigenvalue weighted by molar-refractivity contribution is -0.141. The molecular weight excluding hydrogens is 192 g/mol. The van der Waals surface area contributed by atoms with Gasteiger partial charge in [-0.05, 0) is 44.8 Å². The summed E-state index contributed by atoms with van der Waals surface area (Å²) < 4.78 is 4.62. The van der Waals surface area contributed by atoms with Crippen molar-refractivity contribution in [2.75, 3.05) is 33.3 Å². The highest BCUT2D eigenvalue weighted by atomic mass is 16.5. The highest BCUT2D eigenvalue weighted by molar-refractivity contribution is 5.69. The molecule has 0 spiro atoms. The van der Waals surface area contributed by atoms with Crippen LogP contribution in [0.25, 0.3) is 0 Å². The van der Waals surface area contributed by atoms with E-state index in [9.17, 15) is 4.79 Å². The van der Waals surface area contributed by atoms with E-state index in [1.54, 1.807) is 0 Å². The van der Waals surface area contributed by atoms with Crippen molar-refractivity contribution in [1.29, 1.82) is 0 Å². The van der Waals surface area contributed by atoms with E-state index >= 15 is 0 Å². The molecule has 88 valence electrons. The maximum absolute atomic E-state index is 11.0. The largest absolute Gasteiger partial charge is 0.469 e. The molecule has 1 aliphatic heterocycles. The van der Waals surface area contributed by atoms with E-state index in [1.165, 1.54) is 20.0 Å². The molecule has 0 aromatic carbocycles. The first-order valence-corrected chi connectivity index (χ1v) is 5.75. The zero-order valence-electron chi connectivity index (χ0n) is 9.58. The van der Waals surface area contributed by atoms with Crippen LogP contribution in [-0.2, 0) is 9.53 Å². The molecule has 0 saturated carbocycles. The molecule has 0 aliphatic carbocycles. The monoisotopic (exact) mass is 214 g/mol. The summed E-state index contributed by atoms with van der Waals surface area (Å²) >= 11 is 0. The molecule has 0 bridgehead atoms. The number of esters is 1. The predicted octanol–water partition coefficient (Wildman–Crippen LogP) is 0.610. The fourth-order valence-electron chi connectivity index (χ4n) is 2.09. The van der Waals surface area contributed by atoms with Crippen molar-refractivity contribution in [3.63, 3.8) is 0 Å².